The van der Waals surface area contributed by atoms with E-state index in [-0.39, 0.29) is 11.3 Å². The Morgan fingerprint density at radius 2 is 1.87 bits per heavy atom. The molecule has 1 aliphatic rings. The molecule has 0 saturated heterocycles. The maximum absolute atomic E-state index is 12.1. The summed E-state index contributed by atoms with van der Waals surface area (Å²) in [5, 5.41) is 3.00. The van der Waals surface area contributed by atoms with E-state index in [2.05, 4.69) is 12.2 Å². The van der Waals surface area contributed by atoms with Gasteiger partial charge in [0.2, 0.25) is 5.91 Å². The zero-order chi connectivity index (χ0) is 11.1. The number of nitrogens with one attached hydrogen (secondary N) is 1. The van der Waals surface area contributed by atoms with E-state index in [1.54, 1.807) is 0 Å². The second-order valence-corrected chi connectivity index (χ2v) is 4.65. The molecule has 3 N–H and O–H groups in total. The highest BCUT2D eigenvalue weighted by atomic mass is 16.2. The lowest BCUT2D eigenvalue weighted by Crippen LogP contribution is -2.45. The van der Waals surface area contributed by atoms with Crippen LogP contribution in [-0.2, 0) is 4.79 Å². The summed E-state index contributed by atoms with van der Waals surface area (Å²) in [7, 11) is 0. The van der Waals surface area contributed by atoms with E-state index in [1.165, 1.54) is 12.8 Å². The minimum atomic E-state index is -0.258. The quantitative estimate of drug-likeness (QED) is 0.698. The molecular formula is C12H24N2O. The Hall–Kier alpha value is -0.570. The number of hydrogen-bond donors (Lipinski definition) is 2. The molecule has 1 amide bonds. The van der Waals surface area contributed by atoms with Crippen molar-refractivity contribution in [1.82, 2.24) is 5.32 Å². The van der Waals surface area contributed by atoms with E-state index in [0.717, 1.165) is 38.6 Å². The number of carbonyl (C=O) groups is 1. The fraction of sp³-hybridized carbons (Fsp3) is 0.917. The molecule has 1 saturated carbocycles. The average molecular weight is 212 g/mol. The molecule has 1 aliphatic carbocycles. The van der Waals surface area contributed by atoms with Crippen molar-refractivity contribution in [1.29, 1.82) is 0 Å². The van der Waals surface area contributed by atoms with Gasteiger partial charge in [-0.15, -0.1) is 0 Å². The van der Waals surface area contributed by atoms with E-state index < -0.39 is 0 Å². The summed E-state index contributed by atoms with van der Waals surface area (Å²) in [6, 6.07) is 0. The maximum Gasteiger partial charge on any atom is 0.227 e. The van der Waals surface area contributed by atoms with Gasteiger partial charge in [0.1, 0.15) is 0 Å². The number of hydrogen-bond acceptors (Lipinski definition) is 2. The highest BCUT2D eigenvalue weighted by molar-refractivity contribution is 5.82. The van der Waals surface area contributed by atoms with Gasteiger partial charge in [-0.25, -0.2) is 0 Å². The van der Waals surface area contributed by atoms with E-state index in [9.17, 15) is 4.79 Å². The van der Waals surface area contributed by atoms with Crippen LogP contribution in [0.1, 0.15) is 51.9 Å². The average Bonchev–Trinajstić information content (AvgIpc) is 2.52. The van der Waals surface area contributed by atoms with Crippen LogP contribution in [0, 0.1) is 5.41 Å². The molecule has 1 rings (SSSR count). The Bertz CT molecular complexity index is 196. The molecule has 0 radical (unpaired) electrons. The lowest BCUT2D eigenvalue weighted by Gasteiger charge is -2.29. The Morgan fingerprint density at radius 1 is 1.27 bits per heavy atom. The zero-order valence-corrected chi connectivity index (χ0v) is 9.85. The second kappa shape index (κ2) is 6.11. The molecule has 88 valence electrons. The first-order valence-corrected chi connectivity index (χ1v) is 6.23. The Morgan fingerprint density at radius 3 is 2.33 bits per heavy atom. The summed E-state index contributed by atoms with van der Waals surface area (Å²) < 4.78 is 0. The van der Waals surface area contributed by atoms with Gasteiger partial charge in [0.05, 0.1) is 5.41 Å². The first-order chi connectivity index (χ1) is 7.25. The molecule has 3 nitrogen and oxygen atoms in total. The van der Waals surface area contributed by atoms with Crippen LogP contribution in [0.15, 0.2) is 0 Å². The monoisotopic (exact) mass is 212 g/mol. The number of nitrogens with two attached hydrogens (primary N) is 1. The number of rotatable bonds is 4. The van der Waals surface area contributed by atoms with Gasteiger partial charge in [-0.3, -0.25) is 4.79 Å². The van der Waals surface area contributed by atoms with Crippen LogP contribution in [0.5, 0.6) is 0 Å². The smallest absolute Gasteiger partial charge is 0.227 e. The van der Waals surface area contributed by atoms with E-state index in [4.69, 9.17) is 5.73 Å². The Labute approximate surface area is 92.8 Å². The number of carbonyl (C=O) groups excluding carboxylic acids is 1. The van der Waals surface area contributed by atoms with Crippen molar-refractivity contribution in [2.75, 3.05) is 13.1 Å². The van der Waals surface area contributed by atoms with Crippen molar-refractivity contribution in [3.05, 3.63) is 0 Å². The van der Waals surface area contributed by atoms with Crippen molar-refractivity contribution in [3.63, 3.8) is 0 Å². The lowest BCUT2D eigenvalue weighted by molar-refractivity contribution is -0.131. The van der Waals surface area contributed by atoms with Gasteiger partial charge in [0.15, 0.2) is 0 Å². The van der Waals surface area contributed by atoms with Crippen molar-refractivity contribution in [2.45, 2.75) is 51.9 Å². The van der Waals surface area contributed by atoms with Gasteiger partial charge in [-0.2, -0.15) is 0 Å². The molecule has 0 heterocycles. The third-order valence-electron chi connectivity index (χ3n) is 3.47. The minimum absolute atomic E-state index is 0.189. The Balaban J connectivity index is 2.59. The second-order valence-electron chi connectivity index (χ2n) is 4.65. The van der Waals surface area contributed by atoms with Gasteiger partial charge < -0.3 is 11.1 Å². The molecular weight excluding hydrogens is 188 g/mol. The fourth-order valence-corrected chi connectivity index (χ4v) is 2.36. The van der Waals surface area contributed by atoms with Crippen LogP contribution in [0.3, 0.4) is 0 Å². The topological polar surface area (TPSA) is 55.1 Å². The Kier molecular flexibility index (Phi) is 5.09. The summed E-state index contributed by atoms with van der Waals surface area (Å²) in [4.78, 5) is 12.1. The van der Waals surface area contributed by atoms with E-state index in [1.807, 2.05) is 0 Å². The normalized spacial score (nSPS) is 20.7. The molecule has 15 heavy (non-hydrogen) atoms. The molecule has 0 aromatic heterocycles. The first-order valence-electron chi connectivity index (χ1n) is 6.23. The maximum atomic E-state index is 12.1. The van der Waals surface area contributed by atoms with Crippen LogP contribution in [0.2, 0.25) is 0 Å². The zero-order valence-electron chi connectivity index (χ0n) is 9.85. The van der Waals surface area contributed by atoms with Gasteiger partial charge in [-0.1, -0.05) is 32.6 Å². The molecule has 0 atom stereocenters. The number of amides is 1. The third-order valence-corrected chi connectivity index (χ3v) is 3.47. The largest absolute Gasteiger partial charge is 0.356 e. The molecule has 0 unspecified atom stereocenters. The van der Waals surface area contributed by atoms with Gasteiger partial charge in [0, 0.05) is 13.1 Å². The molecule has 3 heteroatoms. The third kappa shape index (κ3) is 3.20. The van der Waals surface area contributed by atoms with Gasteiger partial charge in [0.25, 0.3) is 0 Å². The van der Waals surface area contributed by atoms with Crippen LogP contribution in [0.4, 0.5) is 0 Å². The van der Waals surface area contributed by atoms with E-state index in [0.29, 0.717) is 6.54 Å². The first kappa shape index (κ1) is 12.5. The van der Waals surface area contributed by atoms with Crippen molar-refractivity contribution in [2.24, 2.45) is 11.1 Å². The van der Waals surface area contributed by atoms with Gasteiger partial charge >= 0.3 is 0 Å². The SMILES string of the molecule is CCCNC(=O)C1(CN)CCCCCC1. The summed E-state index contributed by atoms with van der Waals surface area (Å²) >= 11 is 0. The molecule has 0 aromatic rings. The standard InChI is InChI=1S/C12H24N2O/c1-2-9-14-11(15)12(10-13)7-5-3-4-6-8-12/h2-10,13H2,1H3,(H,14,15). The predicted octanol–water partition coefficient (Wildman–Crippen LogP) is 1.81. The molecule has 0 aromatic carbocycles. The molecule has 0 aliphatic heterocycles. The predicted molar refractivity (Wildman–Crippen MR) is 62.5 cm³/mol. The van der Waals surface area contributed by atoms with Crippen molar-refractivity contribution < 1.29 is 4.79 Å². The summed E-state index contributed by atoms with van der Waals surface area (Å²) in [6.07, 6.45) is 7.74. The van der Waals surface area contributed by atoms with Crippen LogP contribution < -0.4 is 11.1 Å². The fourth-order valence-electron chi connectivity index (χ4n) is 2.36. The van der Waals surface area contributed by atoms with E-state index >= 15 is 0 Å². The summed E-state index contributed by atoms with van der Waals surface area (Å²) in [6.45, 7) is 3.35. The molecule has 0 bridgehead atoms. The van der Waals surface area contributed by atoms with Crippen LogP contribution >= 0.6 is 0 Å². The summed E-state index contributed by atoms with van der Waals surface area (Å²) in [5.74, 6) is 0.189. The highest BCUT2D eigenvalue weighted by Gasteiger charge is 2.36. The van der Waals surface area contributed by atoms with Crippen LogP contribution in [0.25, 0.3) is 0 Å². The van der Waals surface area contributed by atoms with Crippen molar-refractivity contribution >= 4 is 5.91 Å². The lowest BCUT2D eigenvalue weighted by atomic mass is 9.79. The summed E-state index contributed by atoms with van der Waals surface area (Å²) in [5.41, 5.74) is 5.56. The van der Waals surface area contributed by atoms with Crippen molar-refractivity contribution in [3.8, 4) is 0 Å². The van der Waals surface area contributed by atoms with Crippen LogP contribution in [-0.4, -0.2) is 19.0 Å². The van der Waals surface area contributed by atoms with Gasteiger partial charge in [-0.05, 0) is 19.3 Å². The minimum Gasteiger partial charge on any atom is -0.356 e. The molecule has 1 fully saturated rings. The molecule has 0 spiro atoms. The highest BCUT2D eigenvalue weighted by Crippen LogP contribution is 2.34.